The number of nitrogens with one attached hydrogen (secondary N) is 1. The monoisotopic (exact) mass is 353 g/mol. The second kappa shape index (κ2) is 9.05. The van der Waals surface area contributed by atoms with Gasteiger partial charge in [-0.15, -0.1) is 12.4 Å². The van der Waals surface area contributed by atoms with E-state index in [2.05, 4.69) is 5.32 Å². The SMILES string of the molecule is Cl.NCC(NC(=O)CCN1CCCS1(=O)=O)C1CCCCC1. The summed E-state index contributed by atoms with van der Waals surface area (Å²) in [6.07, 6.45) is 6.84. The molecule has 0 aromatic rings. The molecule has 1 atom stereocenters. The molecule has 130 valence electrons. The third-order valence-electron chi connectivity index (χ3n) is 4.61. The van der Waals surface area contributed by atoms with E-state index in [0.29, 0.717) is 25.4 Å². The van der Waals surface area contributed by atoms with E-state index in [0.717, 1.165) is 12.8 Å². The Morgan fingerprint density at radius 1 is 1.23 bits per heavy atom. The van der Waals surface area contributed by atoms with Gasteiger partial charge in [-0.25, -0.2) is 12.7 Å². The molecular weight excluding hydrogens is 326 g/mol. The van der Waals surface area contributed by atoms with Crippen molar-refractivity contribution in [3.05, 3.63) is 0 Å². The summed E-state index contributed by atoms with van der Waals surface area (Å²) >= 11 is 0. The van der Waals surface area contributed by atoms with Crippen LogP contribution in [0.25, 0.3) is 0 Å². The highest BCUT2D eigenvalue weighted by molar-refractivity contribution is 7.89. The van der Waals surface area contributed by atoms with Gasteiger partial charge in [0.25, 0.3) is 0 Å². The average Bonchev–Trinajstić information content (AvgIpc) is 2.82. The summed E-state index contributed by atoms with van der Waals surface area (Å²) in [5, 5.41) is 3.00. The van der Waals surface area contributed by atoms with Gasteiger partial charge < -0.3 is 11.1 Å². The van der Waals surface area contributed by atoms with Crippen molar-refractivity contribution in [2.75, 3.05) is 25.4 Å². The van der Waals surface area contributed by atoms with E-state index in [1.54, 1.807) is 0 Å². The molecule has 0 aromatic heterocycles. The molecule has 0 radical (unpaired) electrons. The summed E-state index contributed by atoms with van der Waals surface area (Å²) in [6.45, 7) is 1.28. The minimum atomic E-state index is -3.11. The second-order valence-electron chi connectivity index (χ2n) is 6.13. The number of nitrogens with two attached hydrogens (primary N) is 1. The lowest BCUT2D eigenvalue weighted by molar-refractivity contribution is -0.122. The van der Waals surface area contributed by atoms with Crippen LogP contribution in [0.2, 0.25) is 0 Å². The number of nitrogens with zero attached hydrogens (tertiary/aromatic N) is 1. The van der Waals surface area contributed by atoms with E-state index < -0.39 is 10.0 Å². The second-order valence-corrected chi connectivity index (χ2v) is 8.21. The smallest absolute Gasteiger partial charge is 0.221 e. The normalized spacial score (nSPS) is 23.7. The van der Waals surface area contributed by atoms with Crippen LogP contribution in [-0.4, -0.2) is 50.1 Å². The predicted octanol–water partition coefficient (Wildman–Crippen LogP) is 0.858. The summed E-state index contributed by atoms with van der Waals surface area (Å²) in [6, 6.07) is 0.0352. The fraction of sp³-hybridized carbons (Fsp3) is 0.929. The fourth-order valence-electron chi connectivity index (χ4n) is 3.35. The number of hydrogen-bond donors (Lipinski definition) is 2. The predicted molar refractivity (Wildman–Crippen MR) is 89.4 cm³/mol. The molecule has 1 unspecified atom stereocenters. The van der Waals surface area contributed by atoms with E-state index >= 15 is 0 Å². The molecule has 2 fully saturated rings. The van der Waals surface area contributed by atoms with E-state index in [1.807, 2.05) is 0 Å². The Labute approximate surface area is 139 Å². The first-order valence-electron chi connectivity index (χ1n) is 8.00. The lowest BCUT2D eigenvalue weighted by Crippen LogP contribution is -2.46. The Hall–Kier alpha value is -0.370. The molecule has 6 nitrogen and oxygen atoms in total. The number of hydrogen-bond acceptors (Lipinski definition) is 4. The highest BCUT2D eigenvalue weighted by Gasteiger charge is 2.29. The molecule has 1 heterocycles. The van der Waals surface area contributed by atoms with Crippen molar-refractivity contribution < 1.29 is 13.2 Å². The molecule has 3 N–H and O–H groups in total. The van der Waals surface area contributed by atoms with Crippen LogP contribution < -0.4 is 11.1 Å². The summed E-state index contributed by atoms with van der Waals surface area (Å²) < 4.78 is 24.8. The molecule has 0 aromatic carbocycles. The van der Waals surface area contributed by atoms with Crippen molar-refractivity contribution >= 4 is 28.3 Å². The minimum Gasteiger partial charge on any atom is -0.352 e. The maximum absolute atomic E-state index is 12.0. The molecule has 8 heteroatoms. The van der Waals surface area contributed by atoms with Gasteiger partial charge in [0.2, 0.25) is 15.9 Å². The zero-order valence-corrected chi connectivity index (χ0v) is 14.6. The molecular formula is C14H28ClN3O3S. The zero-order chi connectivity index (χ0) is 15.3. The van der Waals surface area contributed by atoms with E-state index in [-0.39, 0.29) is 43.1 Å². The lowest BCUT2D eigenvalue weighted by atomic mass is 9.84. The van der Waals surface area contributed by atoms with Crippen molar-refractivity contribution in [1.82, 2.24) is 9.62 Å². The first kappa shape index (κ1) is 19.7. The van der Waals surface area contributed by atoms with Gasteiger partial charge in [0.1, 0.15) is 0 Å². The molecule has 1 aliphatic carbocycles. The summed E-state index contributed by atoms with van der Waals surface area (Å²) in [5.74, 6) is 0.601. The number of sulfonamides is 1. The van der Waals surface area contributed by atoms with Gasteiger partial charge in [-0.1, -0.05) is 19.3 Å². The first-order valence-corrected chi connectivity index (χ1v) is 9.61. The van der Waals surface area contributed by atoms with Crippen LogP contribution in [0.3, 0.4) is 0 Å². The van der Waals surface area contributed by atoms with Gasteiger partial charge in [0, 0.05) is 32.1 Å². The minimum absolute atomic E-state index is 0. The Bertz CT molecular complexity index is 452. The fourth-order valence-corrected chi connectivity index (χ4v) is 4.88. The third kappa shape index (κ3) is 5.37. The molecule has 1 amide bonds. The molecule has 22 heavy (non-hydrogen) atoms. The van der Waals surface area contributed by atoms with Gasteiger partial charge >= 0.3 is 0 Å². The molecule has 0 spiro atoms. The zero-order valence-electron chi connectivity index (χ0n) is 13.0. The summed E-state index contributed by atoms with van der Waals surface area (Å²) in [4.78, 5) is 12.0. The molecule has 1 saturated heterocycles. The number of halogens is 1. The number of carbonyl (C=O) groups is 1. The van der Waals surface area contributed by atoms with Crippen LogP contribution in [0.15, 0.2) is 0 Å². The van der Waals surface area contributed by atoms with Gasteiger partial charge in [-0.2, -0.15) is 0 Å². The third-order valence-corrected chi connectivity index (χ3v) is 6.57. The molecule has 2 aliphatic rings. The Balaban J connectivity index is 0.00000242. The van der Waals surface area contributed by atoms with E-state index in [4.69, 9.17) is 5.73 Å². The standard InChI is InChI=1S/C14H27N3O3S.ClH/c15-11-13(12-5-2-1-3-6-12)16-14(18)7-9-17-8-4-10-21(17,19)20;/h12-13H,1-11,15H2,(H,16,18);1H. The highest BCUT2D eigenvalue weighted by Crippen LogP contribution is 2.26. The molecule has 2 rings (SSSR count). The van der Waals surface area contributed by atoms with Crippen molar-refractivity contribution in [3.63, 3.8) is 0 Å². The van der Waals surface area contributed by atoms with Crippen LogP contribution in [0.4, 0.5) is 0 Å². The van der Waals surface area contributed by atoms with Crippen molar-refractivity contribution in [2.45, 2.75) is 51.0 Å². The average molecular weight is 354 g/mol. The molecule has 1 aliphatic heterocycles. The Kier molecular flexibility index (Phi) is 8.10. The van der Waals surface area contributed by atoms with Crippen molar-refractivity contribution in [1.29, 1.82) is 0 Å². The van der Waals surface area contributed by atoms with Crippen LogP contribution in [0.1, 0.15) is 44.9 Å². The number of amides is 1. The van der Waals surface area contributed by atoms with Gasteiger partial charge in [0.15, 0.2) is 0 Å². The van der Waals surface area contributed by atoms with E-state index in [9.17, 15) is 13.2 Å². The molecule has 1 saturated carbocycles. The highest BCUT2D eigenvalue weighted by atomic mass is 35.5. The van der Waals surface area contributed by atoms with Gasteiger partial charge in [-0.05, 0) is 25.2 Å². The van der Waals surface area contributed by atoms with Gasteiger partial charge in [0.05, 0.1) is 5.75 Å². The maximum Gasteiger partial charge on any atom is 0.221 e. The summed E-state index contributed by atoms with van der Waals surface area (Å²) in [7, 11) is -3.11. The Morgan fingerprint density at radius 2 is 1.91 bits per heavy atom. The summed E-state index contributed by atoms with van der Waals surface area (Å²) in [5.41, 5.74) is 5.79. The largest absolute Gasteiger partial charge is 0.352 e. The molecule has 0 bridgehead atoms. The number of rotatable bonds is 6. The van der Waals surface area contributed by atoms with Crippen LogP contribution in [0.5, 0.6) is 0 Å². The topological polar surface area (TPSA) is 92.5 Å². The number of carbonyl (C=O) groups excluding carboxylic acids is 1. The quantitative estimate of drug-likeness (QED) is 0.740. The Morgan fingerprint density at radius 3 is 2.45 bits per heavy atom. The van der Waals surface area contributed by atoms with Crippen molar-refractivity contribution in [3.8, 4) is 0 Å². The van der Waals surface area contributed by atoms with Gasteiger partial charge in [-0.3, -0.25) is 4.79 Å². The van der Waals surface area contributed by atoms with Crippen LogP contribution in [-0.2, 0) is 14.8 Å². The lowest BCUT2D eigenvalue weighted by Gasteiger charge is -2.30. The van der Waals surface area contributed by atoms with E-state index in [1.165, 1.54) is 23.6 Å². The van der Waals surface area contributed by atoms with Crippen LogP contribution in [0, 0.1) is 5.92 Å². The first-order chi connectivity index (χ1) is 10.0. The van der Waals surface area contributed by atoms with Crippen LogP contribution >= 0.6 is 12.4 Å². The maximum atomic E-state index is 12.0. The van der Waals surface area contributed by atoms with Crippen molar-refractivity contribution in [2.24, 2.45) is 11.7 Å².